The van der Waals surface area contributed by atoms with Crippen molar-refractivity contribution in [2.45, 2.75) is 71.1 Å². The van der Waals surface area contributed by atoms with Gasteiger partial charge < -0.3 is 9.72 Å². The molecule has 3 atom stereocenters. The highest BCUT2D eigenvalue weighted by molar-refractivity contribution is 5.96. The standard InChI is InChI=1S/C28H33NO2/c1-16(2)18-9-10-21-19(15-18)24-23(20-14-17(3)8-11-22(20)29-24)25-27(21,4)12-7-13-28(25,5)26(30)31-6/h8-11,14-16,25,29H,7,12-13H2,1-6H3/t25-,27-,28-/m1/s1. The number of hydrogen-bond acceptors (Lipinski definition) is 2. The highest BCUT2D eigenvalue weighted by Crippen LogP contribution is 2.64. The molecule has 1 saturated carbocycles. The number of aryl methyl sites for hydroxylation is 1. The Labute approximate surface area is 185 Å². The van der Waals surface area contributed by atoms with Gasteiger partial charge in [-0.15, -0.1) is 0 Å². The van der Waals surface area contributed by atoms with Crippen LogP contribution < -0.4 is 0 Å². The molecule has 0 bridgehead atoms. The predicted molar refractivity (Wildman–Crippen MR) is 127 cm³/mol. The molecule has 5 rings (SSSR count). The maximum absolute atomic E-state index is 13.2. The molecule has 1 N–H and O–H groups in total. The summed E-state index contributed by atoms with van der Waals surface area (Å²) >= 11 is 0. The van der Waals surface area contributed by atoms with Gasteiger partial charge in [0.05, 0.1) is 18.2 Å². The molecule has 3 aromatic rings. The smallest absolute Gasteiger partial charge is 0.312 e. The van der Waals surface area contributed by atoms with Gasteiger partial charge in [0.1, 0.15) is 0 Å². The summed E-state index contributed by atoms with van der Waals surface area (Å²) in [5.74, 6) is 0.459. The first-order valence-corrected chi connectivity index (χ1v) is 11.6. The predicted octanol–water partition coefficient (Wildman–Crippen LogP) is 6.98. The number of benzene rings is 2. The quantitative estimate of drug-likeness (QED) is 0.459. The Morgan fingerprint density at radius 3 is 2.61 bits per heavy atom. The molecular formula is C28H33NO2. The normalized spacial score (nSPS) is 27.0. The highest BCUT2D eigenvalue weighted by Gasteiger charge is 2.58. The zero-order valence-electron chi connectivity index (χ0n) is 19.6. The van der Waals surface area contributed by atoms with Gasteiger partial charge in [0.25, 0.3) is 0 Å². The second kappa shape index (κ2) is 6.72. The number of hydrogen-bond donors (Lipinski definition) is 1. The Kier molecular flexibility index (Phi) is 4.41. The Morgan fingerprint density at radius 2 is 1.90 bits per heavy atom. The zero-order chi connectivity index (χ0) is 22.1. The second-order valence-corrected chi connectivity index (χ2v) is 10.5. The number of aromatic amines is 1. The number of fused-ring (bicyclic) bond motifs is 8. The summed E-state index contributed by atoms with van der Waals surface area (Å²) in [4.78, 5) is 17.0. The van der Waals surface area contributed by atoms with Gasteiger partial charge in [-0.25, -0.2) is 0 Å². The largest absolute Gasteiger partial charge is 0.469 e. The van der Waals surface area contributed by atoms with Crippen LogP contribution in [0.25, 0.3) is 22.2 Å². The van der Waals surface area contributed by atoms with Crippen LogP contribution in [-0.2, 0) is 14.9 Å². The molecule has 1 fully saturated rings. The van der Waals surface area contributed by atoms with Crippen molar-refractivity contribution in [2.75, 3.05) is 7.11 Å². The molecule has 2 aromatic carbocycles. The highest BCUT2D eigenvalue weighted by atomic mass is 16.5. The Morgan fingerprint density at radius 1 is 1.13 bits per heavy atom. The van der Waals surface area contributed by atoms with Crippen LogP contribution >= 0.6 is 0 Å². The van der Waals surface area contributed by atoms with Gasteiger partial charge in [-0.1, -0.05) is 51.0 Å². The molecule has 31 heavy (non-hydrogen) atoms. The van der Waals surface area contributed by atoms with E-state index in [0.29, 0.717) is 5.92 Å². The van der Waals surface area contributed by atoms with E-state index in [1.807, 2.05) is 0 Å². The van der Waals surface area contributed by atoms with Gasteiger partial charge >= 0.3 is 5.97 Å². The average molecular weight is 416 g/mol. The molecule has 0 radical (unpaired) electrons. The maximum Gasteiger partial charge on any atom is 0.312 e. The van der Waals surface area contributed by atoms with Gasteiger partial charge in [0, 0.05) is 27.8 Å². The summed E-state index contributed by atoms with van der Waals surface area (Å²) in [5.41, 5.74) is 8.26. The van der Waals surface area contributed by atoms with E-state index in [9.17, 15) is 4.79 Å². The summed E-state index contributed by atoms with van der Waals surface area (Å²) in [7, 11) is 1.53. The first-order valence-electron chi connectivity index (χ1n) is 11.6. The fourth-order valence-corrected chi connectivity index (χ4v) is 6.66. The summed E-state index contributed by atoms with van der Waals surface area (Å²) in [6.07, 6.45) is 2.97. The Balaban J connectivity index is 1.90. The molecular weight excluding hydrogens is 382 g/mol. The Bertz CT molecular complexity index is 1200. The van der Waals surface area contributed by atoms with Crippen molar-refractivity contribution in [1.82, 2.24) is 4.98 Å². The number of carbonyl (C=O) groups excluding carboxylic acids is 1. The second-order valence-electron chi connectivity index (χ2n) is 10.5. The van der Waals surface area contributed by atoms with Crippen LogP contribution in [0.5, 0.6) is 0 Å². The molecule has 3 nitrogen and oxygen atoms in total. The minimum atomic E-state index is -0.552. The third-order valence-corrected chi connectivity index (χ3v) is 8.20. The number of rotatable bonds is 2. The zero-order valence-corrected chi connectivity index (χ0v) is 19.6. The minimum absolute atomic E-state index is 0.0733. The fraction of sp³-hybridized carbons (Fsp3) is 0.464. The first-order chi connectivity index (χ1) is 14.7. The van der Waals surface area contributed by atoms with E-state index in [1.54, 1.807) is 0 Å². The molecule has 2 aliphatic rings. The lowest BCUT2D eigenvalue weighted by atomic mass is 9.49. The molecule has 162 valence electrons. The van der Waals surface area contributed by atoms with Crippen LogP contribution in [0.4, 0.5) is 0 Å². The van der Waals surface area contributed by atoms with Gasteiger partial charge in [-0.2, -0.15) is 0 Å². The number of ether oxygens (including phenoxy) is 1. The molecule has 1 aromatic heterocycles. The molecule has 3 heteroatoms. The van der Waals surface area contributed by atoms with Crippen LogP contribution in [0.15, 0.2) is 36.4 Å². The lowest BCUT2D eigenvalue weighted by Crippen LogP contribution is -2.50. The summed E-state index contributed by atoms with van der Waals surface area (Å²) in [6.45, 7) is 11.2. The van der Waals surface area contributed by atoms with Crippen molar-refractivity contribution < 1.29 is 9.53 Å². The summed E-state index contributed by atoms with van der Waals surface area (Å²) in [6, 6.07) is 13.6. The van der Waals surface area contributed by atoms with E-state index >= 15 is 0 Å². The monoisotopic (exact) mass is 415 g/mol. The van der Waals surface area contributed by atoms with Crippen molar-refractivity contribution in [2.24, 2.45) is 5.41 Å². The van der Waals surface area contributed by atoms with Crippen molar-refractivity contribution in [1.29, 1.82) is 0 Å². The van der Waals surface area contributed by atoms with Crippen molar-refractivity contribution in [3.63, 3.8) is 0 Å². The molecule has 0 aliphatic heterocycles. The lowest BCUT2D eigenvalue weighted by molar-refractivity contribution is -0.157. The number of aromatic nitrogens is 1. The van der Waals surface area contributed by atoms with Crippen LogP contribution in [0.2, 0.25) is 0 Å². The van der Waals surface area contributed by atoms with E-state index in [0.717, 1.165) is 24.8 Å². The molecule has 0 saturated heterocycles. The van der Waals surface area contributed by atoms with Gasteiger partial charge in [0.15, 0.2) is 0 Å². The minimum Gasteiger partial charge on any atom is -0.469 e. The SMILES string of the molecule is COC(=O)[C@]1(C)CCC[C@]2(C)c3ccc(C(C)C)cc3-c3[nH]c4ccc(C)cc4c3[C@@H]12. The first kappa shape index (κ1) is 20.4. The van der Waals surface area contributed by atoms with Crippen LogP contribution in [0.1, 0.15) is 81.0 Å². The molecule has 0 spiro atoms. The average Bonchev–Trinajstić information content (AvgIpc) is 3.11. The molecule has 0 unspecified atom stereocenters. The number of H-pyrrole nitrogens is 1. The van der Waals surface area contributed by atoms with E-state index in [-0.39, 0.29) is 17.3 Å². The maximum atomic E-state index is 13.2. The van der Waals surface area contributed by atoms with Crippen LogP contribution in [0.3, 0.4) is 0 Å². The fourth-order valence-electron chi connectivity index (χ4n) is 6.66. The molecule has 1 heterocycles. The number of methoxy groups -OCH3 is 1. The van der Waals surface area contributed by atoms with Crippen molar-refractivity contribution in [3.8, 4) is 11.3 Å². The van der Waals surface area contributed by atoms with Crippen LogP contribution in [-0.4, -0.2) is 18.1 Å². The van der Waals surface area contributed by atoms with Gasteiger partial charge in [-0.3, -0.25) is 4.79 Å². The summed E-state index contributed by atoms with van der Waals surface area (Å²) in [5, 5.41) is 1.25. The topological polar surface area (TPSA) is 42.1 Å². The Hall–Kier alpha value is -2.55. The van der Waals surface area contributed by atoms with E-state index in [4.69, 9.17) is 4.74 Å². The molecule has 2 aliphatic carbocycles. The number of carbonyl (C=O) groups is 1. The van der Waals surface area contributed by atoms with Gasteiger partial charge in [0.2, 0.25) is 0 Å². The van der Waals surface area contributed by atoms with Crippen molar-refractivity contribution in [3.05, 3.63) is 58.7 Å². The van der Waals surface area contributed by atoms with E-state index < -0.39 is 5.41 Å². The third kappa shape index (κ3) is 2.68. The summed E-state index contributed by atoms with van der Waals surface area (Å²) < 4.78 is 5.40. The third-order valence-electron chi connectivity index (χ3n) is 8.20. The lowest BCUT2D eigenvalue weighted by Gasteiger charge is -2.54. The van der Waals surface area contributed by atoms with Gasteiger partial charge in [-0.05, 0) is 67.5 Å². The number of esters is 1. The molecule has 0 amide bonds. The van der Waals surface area contributed by atoms with Crippen LogP contribution in [0, 0.1) is 12.3 Å². The van der Waals surface area contributed by atoms with E-state index in [1.165, 1.54) is 46.0 Å². The number of nitrogens with one attached hydrogen (secondary N) is 1. The van der Waals surface area contributed by atoms with E-state index in [2.05, 4.69) is 76.0 Å². The van der Waals surface area contributed by atoms with Crippen molar-refractivity contribution >= 4 is 16.9 Å².